The first-order valence-electron chi connectivity index (χ1n) is 4.63. The van der Waals surface area contributed by atoms with Crippen molar-refractivity contribution in [2.75, 3.05) is 0 Å². The minimum atomic E-state index is 0.0208. The maximum Gasteiger partial charge on any atom is 0.319 e. The van der Waals surface area contributed by atoms with Gasteiger partial charge in [0, 0.05) is 5.92 Å². The SMILES string of the molecule is O=C1OC2CCCCCC2C1I. The van der Waals surface area contributed by atoms with Gasteiger partial charge in [0.2, 0.25) is 0 Å². The van der Waals surface area contributed by atoms with Crippen molar-refractivity contribution < 1.29 is 9.53 Å². The van der Waals surface area contributed by atoms with Crippen molar-refractivity contribution in [1.29, 1.82) is 0 Å². The highest BCUT2D eigenvalue weighted by Gasteiger charge is 2.42. The minimum absolute atomic E-state index is 0.0208. The molecular formula is C9H13IO2. The summed E-state index contributed by atoms with van der Waals surface area (Å²) in [4.78, 5) is 11.2. The number of carbonyl (C=O) groups excluding carboxylic acids is 1. The topological polar surface area (TPSA) is 26.3 Å². The number of fused-ring (bicyclic) bond motifs is 1. The van der Waals surface area contributed by atoms with E-state index in [4.69, 9.17) is 4.74 Å². The Morgan fingerprint density at radius 2 is 2.00 bits per heavy atom. The van der Waals surface area contributed by atoms with Gasteiger partial charge in [0.25, 0.3) is 0 Å². The standard InChI is InChI=1S/C9H13IO2/c10-8-6-4-2-1-3-5-7(6)12-9(8)11/h6-8H,1-5H2. The van der Waals surface area contributed by atoms with Crippen LogP contribution in [0.5, 0.6) is 0 Å². The van der Waals surface area contributed by atoms with Crippen LogP contribution in [0.15, 0.2) is 0 Å². The summed E-state index contributed by atoms with van der Waals surface area (Å²) in [5, 5.41) is 0. The number of alkyl halides is 1. The van der Waals surface area contributed by atoms with Gasteiger partial charge in [0.15, 0.2) is 0 Å². The van der Waals surface area contributed by atoms with Gasteiger partial charge in [0.1, 0.15) is 10.0 Å². The van der Waals surface area contributed by atoms with Gasteiger partial charge in [-0.05, 0) is 19.3 Å². The molecule has 1 heterocycles. The molecule has 1 saturated carbocycles. The molecule has 12 heavy (non-hydrogen) atoms. The molecule has 3 atom stereocenters. The predicted molar refractivity (Wildman–Crippen MR) is 54.3 cm³/mol. The second-order valence-corrected chi connectivity index (χ2v) is 5.02. The average Bonchev–Trinajstić information content (AvgIpc) is 2.30. The number of rotatable bonds is 0. The molecule has 1 aliphatic heterocycles. The molecule has 0 amide bonds. The number of hydrogen-bond donors (Lipinski definition) is 0. The number of esters is 1. The van der Waals surface area contributed by atoms with E-state index in [9.17, 15) is 4.79 Å². The summed E-state index contributed by atoms with van der Waals surface area (Å²) >= 11 is 2.24. The predicted octanol–water partition coefficient (Wildman–Crippen LogP) is 2.30. The number of carbonyl (C=O) groups is 1. The molecule has 1 saturated heterocycles. The molecule has 0 bridgehead atoms. The van der Waals surface area contributed by atoms with E-state index in [1.165, 1.54) is 25.7 Å². The number of ether oxygens (including phenoxy) is 1. The summed E-state index contributed by atoms with van der Waals surface area (Å²) in [5.41, 5.74) is 0. The van der Waals surface area contributed by atoms with Gasteiger partial charge in [-0.15, -0.1) is 0 Å². The van der Waals surface area contributed by atoms with Crippen LogP contribution in [-0.2, 0) is 9.53 Å². The van der Waals surface area contributed by atoms with Crippen molar-refractivity contribution in [3.8, 4) is 0 Å². The molecule has 0 radical (unpaired) electrons. The molecule has 0 aromatic rings. The Morgan fingerprint density at radius 3 is 2.83 bits per heavy atom. The highest BCUT2D eigenvalue weighted by Crippen LogP contribution is 2.37. The molecular weight excluding hydrogens is 267 g/mol. The van der Waals surface area contributed by atoms with E-state index in [2.05, 4.69) is 22.6 Å². The van der Waals surface area contributed by atoms with Gasteiger partial charge in [-0.3, -0.25) is 4.79 Å². The lowest BCUT2D eigenvalue weighted by molar-refractivity contribution is -0.141. The summed E-state index contributed by atoms with van der Waals surface area (Å²) in [6.07, 6.45) is 6.35. The first kappa shape index (κ1) is 8.78. The molecule has 0 aromatic heterocycles. The zero-order valence-corrected chi connectivity index (χ0v) is 9.12. The van der Waals surface area contributed by atoms with Gasteiger partial charge < -0.3 is 4.74 Å². The highest BCUT2D eigenvalue weighted by molar-refractivity contribution is 14.1. The summed E-state index contributed by atoms with van der Waals surface area (Å²) in [5.74, 6) is 0.535. The van der Waals surface area contributed by atoms with Crippen LogP contribution in [0.4, 0.5) is 0 Å². The molecule has 0 spiro atoms. The van der Waals surface area contributed by atoms with Crippen LogP contribution in [0.2, 0.25) is 0 Å². The van der Waals surface area contributed by atoms with Gasteiger partial charge >= 0.3 is 5.97 Å². The highest BCUT2D eigenvalue weighted by atomic mass is 127. The van der Waals surface area contributed by atoms with E-state index in [-0.39, 0.29) is 16.0 Å². The first-order valence-corrected chi connectivity index (χ1v) is 5.88. The van der Waals surface area contributed by atoms with Crippen LogP contribution in [0, 0.1) is 5.92 Å². The third-order valence-electron chi connectivity index (χ3n) is 2.87. The van der Waals surface area contributed by atoms with Gasteiger partial charge in [-0.1, -0.05) is 35.4 Å². The lowest BCUT2D eigenvalue weighted by Crippen LogP contribution is -2.19. The third-order valence-corrected chi connectivity index (χ3v) is 4.30. The van der Waals surface area contributed by atoms with Gasteiger partial charge in [-0.25, -0.2) is 0 Å². The minimum Gasteiger partial charge on any atom is -0.461 e. The molecule has 2 aliphatic rings. The molecule has 2 rings (SSSR count). The van der Waals surface area contributed by atoms with Crippen molar-refractivity contribution >= 4 is 28.6 Å². The van der Waals surface area contributed by atoms with Gasteiger partial charge in [-0.2, -0.15) is 0 Å². The molecule has 2 nitrogen and oxygen atoms in total. The van der Waals surface area contributed by atoms with Crippen molar-refractivity contribution in [3.05, 3.63) is 0 Å². The molecule has 3 heteroatoms. The zero-order valence-electron chi connectivity index (χ0n) is 6.96. The quantitative estimate of drug-likeness (QED) is 0.386. The van der Waals surface area contributed by atoms with Crippen LogP contribution in [0.1, 0.15) is 32.1 Å². The van der Waals surface area contributed by atoms with Gasteiger partial charge in [0.05, 0.1) is 0 Å². The van der Waals surface area contributed by atoms with Crippen LogP contribution >= 0.6 is 22.6 Å². The Bertz CT molecular complexity index is 193. The third kappa shape index (κ3) is 1.47. The normalized spacial score (nSPS) is 41.8. The summed E-state index contributed by atoms with van der Waals surface area (Å²) < 4.78 is 5.44. The maximum atomic E-state index is 11.2. The monoisotopic (exact) mass is 280 g/mol. The second kappa shape index (κ2) is 3.52. The maximum absolute atomic E-state index is 11.2. The fraction of sp³-hybridized carbons (Fsp3) is 0.889. The summed E-state index contributed by atoms with van der Waals surface area (Å²) in [6.45, 7) is 0. The molecule has 2 fully saturated rings. The molecule has 0 aromatic carbocycles. The molecule has 68 valence electrons. The Kier molecular flexibility index (Phi) is 2.57. The average molecular weight is 280 g/mol. The van der Waals surface area contributed by atoms with Crippen molar-refractivity contribution in [2.24, 2.45) is 5.92 Å². The number of halogens is 1. The largest absolute Gasteiger partial charge is 0.461 e. The van der Waals surface area contributed by atoms with E-state index < -0.39 is 0 Å². The summed E-state index contributed by atoms with van der Waals surface area (Å²) in [6, 6.07) is 0. The lowest BCUT2D eigenvalue weighted by Gasteiger charge is -2.13. The smallest absolute Gasteiger partial charge is 0.319 e. The Balaban J connectivity index is 2.09. The fourth-order valence-corrected chi connectivity index (χ4v) is 3.14. The Morgan fingerprint density at radius 1 is 1.25 bits per heavy atom. The Hall–Kier alpha value is 0.200. The van der Waals surface area contributed by atoms with E-state index in [0.29, 0.717) is 5.92 Å². The van der Waals surface area contributed by atoms with E-state index in [0.717, 1.165) is 6.42 Å². The van der Waals surface area contributed by atoms with Crippen LogP contribution in [-0.4, -0.2) is 16.0 Å². The number of hydrogen-bond acceptors (Lipinski definition) is 2. The van der Waals surface area contributed by atoms with Crippen LogP contribution in [0.3, 0.4) is 0 Å². The molecule has 0 N–H and O–H groups in total. The zero-order chi connectivity index (χ0) is 8.55. The Labute approximate surface area is 86.2 Å². The van der Waals surface area contributed by atoms with E-state index in [1.807, 2.05) is 0 Å². The second-order valence-electron chi connectivity index (χ2n) is 3.68. The van der Waals surface area contributed by atoms with Crippen LogP contribution in [0.25, 0.3) is 0 Å². The van der Waals surface area contributed by atoms with Crippen LogP contribution < -0.4 is 0 Å². The van der Waals surface area contributed by atoms with E-state index >= 15 is 0 Å². The molecule has 1 aliphatic carbocycles. The van der Waals surface area contributed by atoms with E-state index in [1.54, 1.807) is 0 Å². The molecule has 3 unspecified atom stereocenters. The van der Waals surface area contributed by atoms with Crippen molar-refractivity contribution in [1.82, 2.24) is 0 Å². The van der Waals surface area contributed by atoms with Crippen molar-refractivity contribution in [3.63, 3.8) is 0 Å². The van der Waals surface area contributed by atoms with Crippen molar-refractivity contribution in [2.45, 2.75) is 42.1 Å². The lowest BCUT2D eigenvalue weighted by atomic mass is 9.97. The first-order chi connectivity index (χ1) is 5.79. The summed E-state index contributed by atoms with van der Waals surface area (Å²) in [7, 11) is 0. The fourth-order valence-electron chi connectivity index (χ4n) is 2.17.